The molecule has 1 aliphatic heterocycles. The predicted octanol–water partition coefficient (Wildman–Crippen LogP) is 1.38. The number of likely N-dealkylation sites (tertiary alicyclic amines) is 1. The summed E-state index contributed by atoms with van der Waals surface area (Å²) in [6.45, 7) is 2.29. The fraction of sp³-hybridized carbons (Fsp3) is 0.455. The summed E-state index contributed by atoms with van der Waals surface area (Å²) in [7, 11) is 2.16. The summed E-state index contributed by atoms with van der Waals surface area (Å²) in [6, 6.07) is 4.07. The molecule has 0 unspecified atom stereocenters. The summed E-state index contributed by atoms with van der Waals surface area (Å²) in [6.07, 6.45) is 3.00. The van der Waals surface area contributed by atoms with Crippen molar-refractivity contribution in [2.45, 2.75) is 12.3 Å². The number of hydrogen-bond donors (Lipinski definition) is 1. The Morgan fingerprint density at radius 1 is 1.53 bits per heavy atom. The lowest BCUT2D eigenvalue weighted by molar-refractivity contribution is 0.411. The Morgan fingerprint density at radius 3 is 3.27 bits per heavy atom. The van der Waals surface area contributed by atoms with Gasteiger partial charge in [-0.15, -0.1) is 0 Å². The molecule has 2 aromatic rings. The summed E-state index contributed by atoms with van der Waals surface area (Å²) < 4.78 is 0. The molecule has 0 aromatic carbocycles. The van der Waals surface area contributed by atoms with Gasteiger partial charge in [0.1, 0.15) is 0 Å². The highest BCUT2D eigenvalue weighted by Crippen LogP contribution is 2.29. The van der Waals surface area contributed by atoms with Gasteiger partial charge in [0, 0.05) is 29.7 Å². The van der Waals surface area contributed by atoms with Crippen LogP contribution in [0.3, 0.4) is 0 Å². The minimum absolute atomic E-state index is 0.587. The molecule has 0 spiro atoms. The summed E-state index contributed by atoms with van der Waals surface area (Å²) in [4.78, 5) is 6.59. The lowest BCUT2D eigenvalue weighted by atomic mass is 10.0. The first kappa shape index (κ1) is 8.85. The number of nitrogens with zero attached hydrogens (tertiary/aromatic N) is 3. The largest absolute Gasteiger partial charge is 0.306 e. The molecule has 1 aliphatic rings. The van der Waals surface area contributed by atoms with Gasteiger partial charge in [-0.25, -0.2) is 4.98 Å². The molecule has 0 radical (unpaired) electrons. The predicted molar refractivity (Wildman–Crippen MR) is 58.7 cm³/mol. The smallest absolute Gasteiger partial charge is 0.181 e. The van der Waals surface area contributed by atoms with Crippen LogP contribution in [0.25, 0.3) is 11.0 Å². The number of H-pyrrole nitrogens is 1. The second-order valence-electron chi connectivity index (χ2n) is 4.26. The Morgan fingerprint density at radius 2 is 2.47 bits per heavy atom. The van der Waals surface area contributed by atoms with E-state index < -0.39 is 0 Å². The van der Waals surface area contributed by atoms with Crippen molar-refractivity contribution in [3.05, 3.63) is 24.0 Å². The zero-order chi connectivity index (χ0) is 10.3. The minimum atomic E-state index is 0.587. The van der Waals surface area contributed by atoms with Crippen LogP contribution >= 0.6 is 0 Å². The monoisotopic (exact) mass is 202 g/mol. The molecule has 2 aromatic heterocycles. The Bertz CT molecular complexity index is 476. The number of pyridine rings is 1. The van der Waals surface area contributed by atoms with Gasteiger partial charge in [0.2, 0.25) is 0 Å². The van der Waals surface area contributed by atoms with Crippen molar-refractivity contribution in [2.75, 3.05) is 20.1 Å². The number of aromatic nitrogens is 3. The van der Waals surface area contributed by atoms with Crippen molar-refractivity contribution >= 4 is 11.0 Å². The van der Waals surface area contributed by atoms with Crippen LogP contribution in [-0.4, -0.2) is 40.2 Å². The molecular weight excluding hydrogens is 188 g/mol. The zero-order valence-corrected chi connectivity index (χ0v) is 8.77. The standard InChI is InChI=1S/C11H14N4/c1-15-6-4-8(7-15)10-9-3-2-5-12-11(9)14-13-10/h2-3,5,8H,4,6-7H2,1H3,(H,12,13,14)/t8-/m0/s1. The van der Waals surface area contributed by atoms with Gasteiger partial charge in [-0.05, 0) is 32.1 Å². The van der Waals surface area contributed by atoms with E-state index in [0.717, 1.165) is 12.2 Å². The van der Waals surface area contributed by atoms with E-state index in [9.17, 15) is 0 Å². The van der Waals surface area contributed by atoms with Crippen molar-refractivity contribution in [3.8, 4) is 0 Å². The van der Waals surface area contributed by atoms with E-state index in [4.69, 9.17) is 0 Å². The Labute approximate surface area is 88.3 Å². The lowest BCUT2D eigenvalue weighted by Gasteiger charge is -2.08. The topological polar surface area (TPSA) is 44.8 Å². The van der Waals surface area contributed by atoms with Crippen molar-refractivity contribution < 1.29 is 0 Å². The van der Waals surface area contributed by atoms with Crippen molar-refractivity contribution in [3.63, 3.8) is 0 Å². The van der Waals surface area contributed by atoms with Crippen LogP contribution in [0, 0.1) is 0 Å². The molecule has 0 bridgehead atoms. The first-order chi connectivity index (χ1) is 7.34. The fourth-order valence-electron chi connectivity index (χ4n) is 2.35. The second-order valence-corrected chi connectivity index (χ2v) is 4.26. The van der Waals surface area contributed by atoms with Crippen LogP contribution in [0.5, 0.6) is 0 Å². The molecule has 3 rings (SSSR count). The van der Waals surface area contributed by atoms with Crippen molar-refractivity contribution in [2.24, 2.45) is 0 Å². The SMILES string of the molecule is CN1CC[C@H](c2[nH]nc3ncccc23)C1. The van der Waals surface area contributed by atoms with Gasteiger partial charge in [-0.1, -0.05) is 0 Å². The van der Waals surface area contributed by atoms with E-state index in [1.54, 1.807) is 6.20 Å². The van der Waals surface area contributed by atoms with Crippen LogP contribution in [0.2, 0.25) is 0 Å². The van der Waals surface area contributed by atoms with E-state index in [-0.39, 0.29) is 0 Å². The molecule has 1 N–H and O–H groups in total. The average Bonchev–Trinajstić information content (AvgIpc) is 2.83. The molecule has 0 saturated carbocycles. The third-order valence-corrected chi connectivity index (χ3v) is 3.16. The van der Waals surface area contributed by atoms with Crippen LogP contribution < -0.4 is 0 Å². The first-order valence-electron chi connectivity index (χ1n) is 5.32. The highest BCUT2D eigenvalue weighted by atomic mass is 15.2. The van der Waals surface area contributed by atoms with Crippen LogP contribution in [-0.2, 0) is 0 Å². The second kappa shape index (κ2) is 3.31. The molecule has 1 atom stereocenters. The van der Waals surface area contributed by atoms with E-state index in [1.165, 1.54) is 24.0 Å². The molecule has 0 amide bonds. The molecule has 3 heterocycles. The summed E-state index contributed by atoms with van der Waals surface area (Å²) in [5.74, 6) is 0.587. The van der Waals surface area contributed by atoms with Gasteiger partial charge in [-0.3, -0.25) is 5.10 Å². The Balaban J connectivity index is 2.04. The molecule has 0 aliphatic carbocycles. The van der Waals surface area contributed by atoms with Crippen LogP contribution in [0.15, 0.2) is 18.3 Å². The van der Waals surface area contributed by atoms with Gasteiger partial charge < -0.3 is 4.90 Å². The molecule has 1 saturated heterocycles. The fourth-order valence-corrected chi connectivity index (χ4v) is 2.35. The van der Waals surface area contributed by atoms with Crippen LogP contribution in [0.4, 0.5) is 0 Å². The van der Waals surface area contributed by atoms with Gasteiger partial charge >= 0.3 is 0 Å². The zero-order valence-electron chi connectivity index (χ0n) is 8.77. The van der Waals surface area contributed by atoms with Crippen molar-refractivity contribution in [1.82, 2.24) is 20.1 Å². The Hall–Kier alpha value is -1.42. The lowest BCUT2D eigenvalue weighted by Crippen LogP contribution is -2.13. The van der Waals surface area contributed by atoms with Crippen molar-refractivity contribution in [1.29, 1.82) is 0 Å². The molecule has 4 nitrogen and oxygen atoms in total. The number of aromatic amines is 1. The van der Waals surface area contributed by atoms with E-state index >= 15 is 0 Å². The maximum absolute atomic E-state index is 4.24. The van der Waals surface area contributed by atoms with E-state index in [2.05, 4.69) is 33.2 Å². The quantitative estimate of drug-likeness (QED) is 0.759. The van der Waals surface area contributed by atoms with Gasteiger partial charge in [0.25, 0.3) is 0 Å². The van der Waals surface area contributed by atoms with Crippen LogP contribution in [0.1, 0.15) is 18.0 Å². The van der Waals surface area contributed by atoms with Gasteiger partial charge in [0.15, 0.2) is 5.65 Å². The molecule has 4 heteroatoms. The summed E-state index contributed by atoms with van der Waals surface area (Å²) in [5, 5.41) is 8.55. The maximum atomic E-state index is 4.24. The summed E-state index contributed by atoms with van der Waals surface area (Å²) in [5.41, 5.74) is 2.09. The molecule has 1 fully saturated rings. The van der Waals surface area contributed by atoms with E-state index in [0.29, 0.717) is 5.92 Å². The minimum Gasteiger partial charge on any atom is -0.306 e. The molecule has 15 heavy (non-hydrogen) atoms. The third-order valence-electron chi connectivity index (χ3n) is 3.16. The first-order valence-corrected chi connectivity index (χ1v) is 5.32. The molecule has 78 valence electrons. The molecular formula is C11H14N4. The maximum Gasteiger partial charge on any atom is 0.181 e. The number of nitrogens with one attached hydrogen (secondary N) is 1. The van der Waals surface area contributed by atoms with Gasteiger partial charge in [0.05, 0.1) is 0 Å². The highest BCUT2D eigenvalue weighted by Gasteiger charge is 2.24. The number of hydrogen-bond acceptors (Lipinski definition) is 3. The normalized spacial score (nSPS) is 22.6. The average molecular weight is 202 g/mol. The highest BCUT2D eigenvalue weighted by molar-refractivity contribution is 5.77. The Kier molecular flexibility index (Phi) is 1.95. The number of likely N-dealkylation sites (N-methyl/N-ethyl adjacent to an activating group) is 1. The van der Waals surface area contributed by atoms with E-state index in [1.807, 2.05) is 6.07 Å². The summed E-state index contributed by atoms with van der Waals surface area (Å²) >= 11 is 0. The van der Waals surface area contributed by atoms with Gasteiger partial charge in [-0.2, -0.15) is 5.10 Å². The third kappa shape index (κ3) is 1.41. The number of fused-ring (bicyclic) bond motifs is 1. The number of rotatable bonds is 1.